The van der Waals surface area contributed by atoms with Gasteiger partial charge in [-0.15, -0.1) is 0 Å². The predicted molar refractivity (Wildman–Crippen MR) is 127 cm³/mol. The molecular weight excluding hydrogens is 445 g/mol. The Hall–Kier alpha value is -3.14. The number of rotatable bonds is 3. The molecule has 2 heterocycles. The molecule has 1 fully saturated rings. The van der Waals surface area contributed by atoms with E-state index in [2.05, 4.69) is 15.6 Å². The molecule has 0 spiro atoms. The summed E-state index contributed by atoms with van der Waals surface area (Å²) in [6.45, 7) is 5.34. The van der Waals surface area contributed by atoms with Crippen LogP contribution in [0.25, 0.3) is 0 Å². The SMILES string of the molecule is CC(C)(C)OC(=O)NC1=N[C@@]2(c3cc(NC(=O)c4ccc(N)cn4)ccc3F)C[C@H]2CCS1. The van der Waals surface area contributed by atoms with Crippen molar-refractivity contribution in [2.24, 2.45) is 10.9 Å². The number of thioether (sulfide) groups is 1. The van der Waals surface area contributed by atoms with Crippen molar-refractivity contribution in [1.29, 1.82) is 0 Å². The Bertz CT molecular complexity index is 1120. The van der Waals surface area contributed by atoms with Gasteiger partial charge in [0.05, 0.1) is 17.4 Å². The largest absolute Gasteiger partial charge is 0.444 e. The van der Waals surface area contributed by atoms with Crippen molar-refractivity contribution >= 4 is 40.3 Å². The van der Waals surface area contributed by atoms with E-state index < -0.39 is 29.0 Å². The number of nitrogens with one attached hydrogen (secondary N) is 2. The van der Waals surface area contributed by atoms with Crippen molar-refractivity contribution in [2.75, 3.05) is 16.8 Å². The topological polar surface area (TPSA) is 119 Å². The van der Waals surface area contributed by atoms with Crippen molar-refractivity contribution < 1.29 is 18.7 Å². The number of benzene rings is 1. The molecule has 1 saturated carbocycles. The first-order chi connectivity index (χ1) is 15.6. The Balaban J connectivity index is 1.57. The van der Waals surface area contributed by atoms with Gasteiger partial charge in [-0.2, -0.15) is 0 Å². The molecule has 0 bridgehead atoms. The Kier molecular flexibility index (Phi) is 6.04. The van der Waals surface area contributed by atoms with Gasteiger partial charge in [-0.25, -0.2) is 14.2 Å². The number of aliphatic imine (C=N–C) groups is 1. The lowest BCUT2D eigenvalue weighted by atomic mass is 10.0. The molecule has 0 unspecified atom stereocenters. The van der Waals surface area contributed by atoms with E-state index in [1.54, 1.807) is 32.9 Å². The van der Waals surface area contributed by atoms with Crippen LogP contribution in [-0.2, 0) is 10.3 Å². The second kappa shape index (κ2) is 8.66. The predicted octanol–water partition coefficient (Wildman–Crippen LogP) is 4.29. The number of nitrogen functional groups attached to an aromatic ring is 1. The fourth-order valence-electron chi connectivity index (χ4n) is 3.82. The van der Waals surface area contributed by atoms with Gasteiger partial charge in [-0.3, -0.25) is 15.1 Å². The number of anilines is 2. The normalized spacial score (nSPS) is 21.8. The van der Waals surface area contributed by atoms with Crippen LogP contribution in [0, 0.1) is 11.7 Å². The third kappa shape index (κ3) is 5.27. The molecule has 0 saturated heterocycles. The number of carbonyl (C=O) groups excluding carboxylic acids is 2. The van der Waals surface area contributed by atoms with E-state index >= 15 is 0 Å². The molecule has 1 aliphatic heterocycles. The highest BCUT2D eigenvalue weighted by Crippen LogP contribution is 2.59. The Morgan fingerprint density at radius 2 is 2.03 bits per heavy atom. The molecule has 1 aliphatic carbocycles. The summed E-state index contributed by atoms with van der Waals surface area (Å²) < 4.78 is 20.3. The smallest absolute Gasteiger partial charge is 0.413 e. The van der Waals surface area contributed by atoms with E-state index in [0.29, 0.717) is 28.5 Å². The van der Waals surface area contributed by atoms with E-state index in [1.165, 1.54) is 36.2 Å². The first-order valence-electron chi connectivity index (χ1n) is 10.6. The maximum absolute atomic E-state index is 14.9. The molecule has 2 amide bonds. The lowest BCUT2D eigenvalue weighted by Crippen LogP contribution is -2.35. The van der Waals surface area contributed by atoms with Gasteiger partial charge >= 0.3 is 6.09 Å². The molecule has 2 aromatic rings. The molecule has 1 aromatic carbocycles. The fraction of sp³-hybridized carbons (Fsp3) is 0.391. The average molecular weight is 472 g/mol. The van der Waals surface area contributed by atoms with Gasteiger partial charge in [-0.1, -0.05) is 11.8 Å². The lowest BCUT2D eigenvalue weighted by molar-refractivity contribution is 0.0564. The van der Waals surface area contributed by atoms with Crippen LogP contribution in [0.15, 0.2) is 41.5 Å². The number of fused-ring (bicyclic) bond motifs is 1. The highest BCUT2D eigenvalue weighted by atomic mass is 32.2. The van der Waals surface area contributed by atoms with E-state index in [4.69, 9.17) is 15.5 Å². The van der Waals surface area contributed by atoms with Crippen molar-refractivity contribution in [3.05, 3.63) is 53.6 Å². The molecule has 1 aromatic heterocycles. The molecule has 8 nitrogen and oxygen atoms in total. The van der Waals surface area contributed by atoms with E-state index in [1.807, 2.05) is 0 Å². The Labute approximate surface area is 195 Å². The van der Waals surface area contributed by atoms with Gasteiger partial charge in [-0.05, 0) is 69.9 Å². The maximum Gasteiger partial charge on any atom is 0.413 e. The first kappa shape index (κ1) is 23.0. The molecule has 10 heteroatoms. The summed E-state index contributed by atoms with van der Waals surface area (Å²) >= 11 is 1.41. The second-order valence-electron chi connectivity index (χ2n) is 9.13. The number of hydrogen-bond acceptors (Lipinski definition) is 7. The zero-order valence-corrected chi connectivity index (χ0v) is 19.5. The van der Waals surface area contributed by atoms with Crippen molar-refractivity contribution in [1.82, 2.24) is 10.3 Å². The first-order valence-corrected chi connectivity index (χ1v) is 11.6. The van der Waals surface area contributed by atoms with Gasteiger partial charge in [0.15, 0.2) is 5.17 Å². The number of nitrogens with two attached hydrogens (primary N) is 1. The van der Waals surface area contributed by atoms with Crippen molar-refractivity contribution in [3.8, 4) is 0 Å². The van der Waals surface area contributed by atoms with Crippen LogP contribution in [-0.4, -0.2) is 33.5 Å². The van der Waals surface area contributed by atoms with Gasteiger partial charge in [0.25, 0.3) is 5.91 Å². The van der Waals surface area contributed by atoms with Gasteiger partial charge in [0.1, 0.15) is 17.1 Å². The minimum atomic E-state index is -0.780. The number of hydrogen-bond donors (Lipinski definition) is 3. The highest BCUT2D eigenvalue weighted by Gasteiger charge is 2.57. The molecule has 174 valence electrons. The molecule has 2 aliphatic rings. The Morgan fingerprint density at radius 1 is 1.24 bits per heavy atom. The van der Waals surface area contributed by atoms with E-state index in [0.717, 1.165) is 12.2 Å². The number of carbonyl (C=O) groups is 2. The number of alkyl carbamates (subject to hydrolysis) is 1. The van der Waals surface area contributed by atoms with Crippen LogP contribution in [0.3, 0.4) is 0 Å². The zero-order valence-electron chi connectivity index (χ0n) is 18.6. The fourth-order valence-corrected chi connectivity index (χ4v) is 4.80. The highest BCUT2D eigenvalue weighted by molar-refractivity contribution is 8.13. The van der Waals surface area contributed by atoms with Gasteiger partial charge in [0.2, 0.25) is 0 Å². The monoisotopic (exact) mass is 471 g/mol. The van der Waals surface area contributed by atoms with Crippen LogP contribution in [0.1, 0.15) is 49.7 Å². The summed E-state index contributed by atoms with van der Waals surface area (Å²) in [4.78, 5) is 33.5. The van der Waals surface area contributed by atoms with Crippen molar-refractivity contribution in [3.63, 3.8) is 0 Å². The molecule has 0 radical (unpaired) electrons. The Morgan fingerprint density at radius 3 is 2.73 bits per heavy atom. The standard InChI is InChI=1S/C23H26FN5O3S/c1-22(2,3)32-21(31)28-20-29-23(11-13(23)8-9-33-20)16-10-15(5-6-17(16)24)27-19(30)18-7-4-14(25)12-26-18/h4-7,10,12-13H,8-9,11,25H2,1-3H3,(H,27,30)(H,28,29,31)/t13-,23+/m1/s1. The van der Waals surface area contributed by atoms with Crippen LogP contribution in [0.4, 0.5) is 20.6 Å². The number of nitrogens with zero attached hydrogens (tertiary/aromatic N) is 2. The minimum absolute atomic E-state index is 0.155. The third-order valence-electron chi connectivity index (χ3n) is 5.40. The summed E-state index contributed by atoms with van der Waals surface area (Å²) in [5.74, 6) is 0.0715. The van der Waals surface area contributed by atoms with E-state index in [9.17, 15) is 14.0 Å². The lowest BCUT2D eigenvalue weighted by Gasteiger charge is -2.20. The van der Waals surface area contributed by atoms with E-state index in [-0.39, 0.29) is 11.6 Å². The second-order valence-corrected chi connectivity index (χ2v) is 10.2. The number of ether oxygens (including phenoxy) is 1. The van der Waals surface area contributed by atoms with Crippen LogP contribution in [0.5, 0.6) is 0 Å². The summed E-state index contributed by atoms with van der Waals surface area (Å²) in [5.41, 5.74) is 5.67. The quantitative estimate of drug-likeness (QED) is 0.615. The molecular formula is C23H26FN5O3S. The summed E-state index contributed by atoms with van der Waals surface area (Å²) in [6.07, 6.45) is 2.30. The van der Waals surface area contributed by atoms with Crippen LogP contribution in [0.2, 0.25) is 0 Å². The van der Waals surface area contributed by atoms with Crippen LogP contribution >= 0.6 is 11.8 Å². The molecule has 4 N–H and O–H groups in total. The summed E-state index contributed by atoms with van der Waals surface area (Å²) in [5, 5.41) is 5.86. The minimum Gasteiger partial charge on any atom is -0.444 e. The summed E-state index contributed by atoms with van der Waals surface area (Å²) in [6, 6.07) is 7.53. The third-order valence-corrected chi connectivity index (χ3v) is 6.30. The van der Waals surface area contributed by atoms with Gasteiger partial charge < -0.3 is 15.8 Å². The number of pyridine rings is 1. The zero-order chi connectivity index (χ0) is 23.8. The number of amides is 2. The van der Waals surface area contributed by atoms with Crippen molar-refractivity contribution in [2.45, 2.75) is 44.8 Å². The average Bonchev–Trinajstić information content (AvgIpc) is 3.43. The maximum atomic E-state index is 14.9. The molecule has 33 heavy (non-hydrogen) atoms. The van der Waals surface area contributed by atoms with Gasteiger partial charge in [0, 0.05) is 17.0 Å². The molecule has 2 atom stereocenters. The number of halogens is 1. The molecule has 4 rings (SSSR count). The van der Waals surface area contributed by atoms with Crippen LogP contribution < -0.4 is 16.4 Å². The number of aromatic nitrogens is 1. The summed E-state index contributed by atoms with van der Waals surface area (Å²) in [7, 11) is 0. The number of amidine groups is 1.